The Morgan fingerprint density at radius 3 is 2.37 bits per heavy atom. The van der Waals surface area contributed by atoms with Gasteiger partial charge in [-0.25, -0.2) is 4.79 Å². The van der Waals surface area contributed by atoms with Crippen LogP contribution in [0.5, 0.6) is 0 Å². The predicted octanol–water partition coefficient (Wildman–Crippen LogP) is 2.88. The van der Waals surface area contributed by atoms with Crippen LogP contribution in [0.3, 0.4) is 0 Å². The monoisotopic (exact) mass is 414 g/mol. The number of ether oxygens (including phenoxy) is 2. The number of hydrogen-bond acceptors (Lipinski definition) is 6. The molecule has 0 aromatic rings. The van der Waals surface area contributed by atoms with E-state index in [0.717, 1.165) is 25.7 Å². The molecule has 0 aromatic carbocycles. The normalized spacial score (nSPS) is 39.5. The maximum absolute atomic E-state index is 12.8. The number of rotatable bonds is 5. The number of ketones is 2. The minimum absolute atomic E-state index is 0.0616. The maximum atomic E-state index is 12.8. The zero-order valence-electron chi connectivity index (χ0n) is 17.7. The second kappa shape index (κ2) is 7.03. The van der Waals surface area contributed by atoms with Crippen molar-refractivity contribution in [2.45, 2.75) is 58.0 Å². The van der Waals surface area contributed by atoms with Crippen LogP contribution < -0.4 is 0 Å². The van der Waals surface area contributed by atoms with Crippen LogP contribution in [-0.4, -0.2) is 35.7 Å². The summed E-state index contributed by atoms with van der Waals surface area (Å²) in [5.41, 5.74) is -0.574. The fourth-order valence-corrected chi connectivity index (χ4v) is 7.22. The number of carbonyl (C=O) groups is 4. The lowest BCUT2D eigenvalue weighted by molar-refractivity contribution is -0.175. The van der Waals surface area contributed by atoms with Crippen molar-refractivity contribution in [2.24, 2.45) is 47.3 Å². The van der Waals surface area contributed by atoms with Crippen molar-refractivity contribution >= 4 is 23.5 Å². The average Bonchev–Trinajstić information content (AvgIpc) is 3.43. The molecule has 162 valence electrons. The van der Waals surface area contributed by atoms with Crippen molar-refractivity contribution in [1.82, 2.24) is 0 Å². The number of allylic oxidation sites excluding steroid dienone is 2. The summed E-state index contributed by atoms with van der Waals surface area (Å²) in [6.45, 7) is 3.43. The molecule has 7 unspecified atom stereocenters. The summed E-state index contributed by atoms with van der Waals surface area (Å²) >= 11 is 0. The SMILES string of the molecule is CC(C)(OC(=O)COC(=O)C1CC2C(=O)C1C1C3C=CC(C3=O)C21)C1CCCCC1. The molecule has 0 N–H and O–H groups in total. The summed E-state index contributed by atoms with van der Waals surface area (Å²) in [7, 11) is 0. The van der Waals surface area contributed by atoms with Gasteiger partial charge in [0.05, 0.1) is 5.92 Å². The van der Waals surface area contributed by atoms with E-state index in [9.17, 15) is 19.2 Å². The molecule has 4 fully saturated rings. The van der Waals surface area contributed by atoms with Gasteiger partial charge in [-0.3, -0.25) is 14.4 Å². The lowest BCUT2D eigenvalue weighted by atomic mass is 9.69. The van der Waals surface area contributed by atoms with Crippen molar-refractivity contribution < 1.29 is 28.7 Å². The van der Waals surface area contributed by atoms with Gasteiger partial charge in [-0.1, -0.05) is 31.4 Å². The number of hydrogen-bond donors (Lipinski definition) is 0. The van der Waals surface area contributed by atoms with E-state index in [4.69, 9.17) is 9.47 Å². The molecular formula is C24H30O6. The molecule has 6 nitrogen and oxygen atoms in total. The highest BCUT2D eigenvalue weighted by atomic mass is 16.6. The molecule has 0 aliphatic heterocycles. The third kappa shape index (κ3) is 2.89. The van der Waals surface area contributed by atoms with E-state index >= 15 is 0 Å². The van der Waals surface area contributed by atoms with Crippen LogP contribution in [0.15, 0.2) is 12.2 Å². The zero-order chi connectivity index (χ0) is 21.2. The van der Waals surface area contributed by atoms with E-state index in [1.165, 1.54) is 6.42 Å². The van der Waals surface area contributed by atoms with Gasteiger partial charge in [-0.05, 0) is 50.9 Å². The first kappa shape index (κ1) is 20.0. The fraction of sp³-hybridized carbons (Fsp3) is 0.750. The average molecular weight is 414 g/mol. The van der Waals surface area contributed by atoms with Gasteiger partial charge in [0.1, 0.15) is 17.2 Å². The first-order valence-corrected chi connectivity index (χ1v) is 11.4. The summed E-state index contributed by atoms with van der Waals surface area (Å²) in [5.74, 6) is -1.96. The van der Waals surface area contributed by atoms with E-state index in [1.54, 1.807) is 0 Å². The lowest BCUT2D eigenvalue weighted by Crippen LogP contribution is -2.40. The molecule has 5 aliphatic rings. The van der Waals surface area contributed by atoms with Crippen LogP contribution in [0.2, 0.25) is 0 Å². The fourth-order valence-electron chi connectivity index (χ4n) is 7.22. The van der Waals surface area contributed by atoms with E-state index in [1.807, 2.05) is 26.0 Å². The van der Waals surface area contributed by atoms with E-state index in [2.05, 4.69) is 0 Å². The quantitative estimate of drug-likeness (QED) is 0.391. The van der Waals surface area contributed by atoms with Gasteiger partial charge in [-0.15, -0.1) is 0 Å². The molecule has 0 radical (unpaired) electrons. The molecule has 4 bridgehead atoms. The minimum Gasteiger partial charge on any atom is -0.457 e. The Labute approximate surface area is 176 Å². The van der Waals surface area contributed by atoms with E-state index in [0.29, 0.717) is 12.3 Å². The predicted molar refractivity (Wildman–Crippen MR) is 106 cm³/mol. The molecule has 0 aromatic heterocycles. The Hall–Kier alpha value is -1.98. The molecule has 0 spiro atoms. The minimum atomic E-state index is -0.574. The van der Waals surface area contributed by atoms with Crippen LogP contribution >= 0.6 is 0 Å². The van der Waals surface area contributed by atoms with Gasteiger partial charge in [0, 0.05) is 23.7 Å². The van der Waals surface area contributed by atoms with Gasteiger partial charge >= 0.3 is 11.9 Å². The van der Waals surface area contributed by atoms with Gasteiger partial charge in [0.15, 0.2) is 6.61 Å². The van der Waals surface area contributed by atoms with Gasteiger partial charge in [0.25, 0.3) is 0 Å². The highest BCUT2D eigenvalue weighted by molar-refractivity contribution is 6.01. The Kier molecular flexibility index (Phi) is 4.67. The standard InChI is InChI=1S/C24H30O6/c1-24(2,12-6-4-3-5-7-12)30-17(25)11-29-23(28)16-10-15-18-13-8-9-14(21(13)26)19(18)20(16)22(15)27/h8-9,12-16,18-20H,3-7,10-11H2,1-2H3. The van der Waals surface area contributed by atoms with Gasteiger partial charge in [-0.2, -0.15) is 0 Å². The summed E-state index contributed by atoms with van der Waals surface area (Å²) < 4.78 is 11.0. The number of esters is 2. The molecule has 7 atom stereocenters. The van der Waals surface area contributed by atoms with Gasteiger partial charge in [0.2, 0.25) is 0 Å². The van der Waals surface area contributed by atoms with Crippen LogP contribution in [-0.2, 0) is 28.7 Å². The first-order valence-electron chi connectivity index (χ1n) is 11.4. The highest BCUT2D eigenvalue weighted by Crippen LogP contribution is 2.64. The summed E-state index contributed by atoms with van der Waals surface area (Å²) in [6.07, 6.45) is 9.92. The number of carbonyl (C=O) groups excluding carboxylic acids is 4. The number of fused-ring (bicyclic) bond motifs is 9. The third-order valence-corrected chi connectivity index (χ3v) is 8.57. The molecule has 5 aliphatic carbocycles. The molecule has 30 heavy (non-hydrogen) atoms. The molecular weight excluding hydrogens is 384 g/mol. The van der Waals surface area contributed by atoms with Crippen LogP contribution in [0.1, 0.15) is 52.4 Å². The van der Waals surface area contributed by atoms with Crippen LogP contribution in [0.25, 0.3) is 0 Å². The molecule has 0 amide bonds. The Balaban J connectivity index is 1.18. The molecule has 0 heterocycles. The van der Waals surface area contributed by atoms with Crippen molar-refractivity contribution in [1.29, 1.82) is 0 Å². The van der Waals surface area contributed by atoms with Crippen LogP contribution in [0, 0.1) is 47.3 Å². The maximum Gasteiger partial charge on any atom is 0.344 e. The molecule has 0 saturated heterocycles. The first-order chi connectivity index (χ1) is 14.3. The number of Topliss-reactive ketones (excluding diaryl/α,β-unsaturated/α-hetero) is 2. The topological polar surface area (TPSA) is 86.7 Å². The highest BCUT2D eigenvalue weighted by Gasteiger charge is 2.69. The summed E-state index contributed by atoms with van der Waals surface area (Å²) in [4.78, 5) is 50.3. The molecule has 4 saturated carbocycles. The van der Waals surface area contributed by atoms with Crippen molar-refractivity contribution in [3.63, 3.8) is 0 Å². The lowest BCUT2D eigenvalue weighted by Gasteiger charge is -2.36. The summed E-state index contributed by atoms with van der Waals surface area (Å²) in [5, 5.41) is 0. The second-order valence-electron chi connectivity index (χ2n) is 10.4. The smallest absolute Gasteiger partial charge is 0.344 e. The van der Waals surface area contributed by atoms with Crippen molar-refractivity contribution in [2.75, 3.05) is 6.61 Å². The van der Waals surface area contributed by atoms with E-state index in [-0.39, 0.29) is 41.2 Å². The van der Waals surface area contributed by atoms with Gasteiger partial charge < -0.3 is 9.47 Å². The second-order valence-corrected chi connectivity index (χ2v) is 10.4. The van der Waals surface area contributed by atoms with E-state index < -0.39 is 36.0 Å². The largest absolute Gasteiger partial charge is 0.457 e. The molecule has 6 heteroatoms. The molecule has 5 rings (SSSR count). The Morgan fingerprint density at radius 2 is 1.67 bits per heavy atom. The van der Waals surface area contributed by atoms with Crippen molar-refractivity contribution in [3.8, 4) is 0 Å². The zero-order valence-corrected chi connectivity index (χ0v) is 17.7. The Morgan fingerprint density at radius 1 is 1.00 bits per heavy atom. The van der Waals surface area contributed by atoms with Crippen LogP contribution in [0.4, 0.5) is 0 Å². The summed E-state index contributed by atoms with van der Waals surface area (Å²) in [6, 6.07) is 0. The third-order valence-electron chi connectivity index (χ3n) is 8.57. The van der Waals surface area contributed by atoms with Crippen molar-refractivity contribution in [3.05, 3.63) is 12.2 Å². The Bertz CT molecular complexity index is 820.